The number of hydrogen-bond donors (Lipinski definition) is 4. The van der Waals surface area contributed by atoms with Crippen molar-refractivity contribution in [3.8, 4) is 0 Å². The van der Waals surface area contributed by atoms with Crippen LogP contribution in [0.2, 0.25) is 0 Å². The monoisotopic (exact) mass is 430 g/mol. The first-order valence-corrected chi connectivity index (χ1v) is 10.1. The molecule has 0 saturated carbocycles. The predicted molar refractivity (Wildman–Crippen MR) is 114 cm³/mol. The largest absolute Gasteiger partial charge is 0.394 e. The Kier molecular flexibility index (Phi) is 5.68. The Labute approximate surface area is 177 Å². The van der Waals surface area contributed by atoms with Crippen LogP contribution in [0.1, 0.15) is 39.1 Å². The number of anilines is 2. The number of aromatic nitrogens is 6. The third-order valence-electron chi connectivity index (χ3n) is 5.04. The van der Waals surface area contributed by atoms with E-state index in [4.69, 9.17) is 0 Å². The summed E-state index contributed by atoms with van der Waals surface area (Å²) in [6.07, 6.45) is 2.40. The molecule has 3 heterocycles. The minimum Gasteiger partial charge on any atom is -0.394 e. The van der Waals surface area contributed by atoms with E-state index in [1.165, 1.54) is 6.07 Å². The molecule has 0 aliphatic heterocycles. The summed E-state index contributed by atoms with van der Waals surface area (Å²) in [7, 11) is 0. The molecule has 4 aromatic rings. The lowest BCUT2D eigenvalue weighted by Gasteiger charge is -2.16. The van der Waals surface area contributed by atoms with E-state index in [9.17, 15) is 13.9 Å². The lowest BCUT2D eigenvalue weighted by molar-refractivity contribution is 0.271. The van der Waals surface area contributed by atoms with E-state index >= 15 is 0 Å². The maximum Gasteiger partial charge on any atom is 0.227 e. The zero-order valence-electron chi connectivity index (χ0n) is 17.4. The van der Waals surface area contributed by atoms with E-state index in [0.29, 0.717) is 40.7 Å². The van der Waals surface area contributed by atoms with Gasteiger partial charge >= 0.3 is 0 Å². The van der Waals surface area contributed by atoms with Crippen LogP contribution in [-0.4, -0.2) is 47.2 Å². The van der Waals surface area contributed by atoms with Gasteiger partial charge in [-0.25, -0.2) is 18.7 Å². The first kappa shape index (κ1) is 20.9. The van der Waals surface area contributed by atoms with Crippen LogP contribution < -0.4 is 10.6 Å². The van der Waals surface area contributed by atoms with Crippen molar-refractivity contribution in [3.05, 3.63) is 35.9 Å². The zero-order chi connectivity index (χ0) is 22.1. The van der Waals surface area contributed by atoms with Gasteiger partial charge in [0.15, 0.2) is 28.6 Å². The molecule has 4 rings (SSSR count). The number of H-pyrrole nitrogens is 1. The van der Waals surface area contributed by atoms with Crippen LogP contribution in [0.4, 0.5) is 20.5 Å². The molecular weight excluding hydrogens is 406 g/mol. The smallest absolute Gasteiger partial charge is 0.227 e. The second-order valence-corrected chi connectivity index (χ2v) is 7.54. The molecule has 0 radical (unpaired) electrons. The van der Waals surface area contributed by atoms with Crippen molar-refractivity contribution in [1.29, 1.82) is 0 Å². The number of nitrogens with zero attached hydrogens (tertiary/aromatic N) is 5. The van der Waals surface area contributed by atoms with Gasteiger partial charge < -0.3 is 25.3 Å². The molecule has 0 spiro atoms. The number of imidazole rings is 2. The number of aromatic amines is 1. The van der Waals surface area contributed by atoms with Crippen LogP contribution in [0.25, 0.3) is 22.2 Å². The molecule has 3 aromatic heterocycles. The van der Waals surface area contributed by atoms with Crippen molar-refractivity contribution in [1.82, 2.24) is 29.5 Å². The maximum absolute atomic E-state index is 14.0. The van der Waals surface area contributed by atoms with E-state index in [-0.39, 0.29) is 30.8 Å². The van der Waals surface area contributed by atoms with E-state index in [2.05, 4.69) is 35.6 Å². The van der Waals surface area contributed by atoms with Crippen molar-refractivity contribution in [2.75, 3.05) is 17.2 Å². The fourth-order valence-electron chi connectivity index (χ4n) is 3.26. The van der Waals surface area contributed by atoms with E-state index in [0.717, 1.165) is 6.07 Å². The van der Waals surface area contributed by atoms with Crippen LogP contribution >= 0.6 is 0 Å². The van der Waals surface area contributed by atoms with Crippen molar-refractivity contribution < 1.29 is 13.9 Å². The average Bonchev–Trinajstić information content (AvgIpc) is 3.37. The quantitative estimate of drug-likeness (QED) is 0.339. The van der Waals surface area contributed by atoms with Crippen LogP contribution in [0.15, 0.2) is 18.5 Å². The van der Waals surface area contributed by atoms with E-state index in [1.54, 1.807) is 6.33 Å². The summed E-state index contributed by atoms with van der Waals surface area (Å²) in [6.45, 7) is 6.13. The van der Waals surface area contributed by atoms with Crippen molar-refractivity contribution in [2.45, 2.75) is 45.8 Å². The molecule has 0 unspecified atom stereocenters. The van der Waals surface area contributed by atoms with Crippen molar-refractivity contribution in [3.63, 3.8) is 0 Å². The van der Waals surface area contributed by atoms with Crippen LogP contribution in [0.5, 0.6) is 0 Å². The number of rotatable bonds is 8. The molecule has 4 N–H and O–H groups in total. The lowest BCUT2D eigenvalue weighted by atomic mass is 10.2. The second-order valence-electron chi connectivity index (χ2n) is 7.54. The maximum atomic E-state index is 14.0. The van der Waals surface area contributed by atoms with Gasteiger partial charge in [-0.2, -0.15) is 9.97 Å². The average molecular weight is 430 g/mol. The summed E-state index contributed by atoms with van der Waals surface area (Å²) in [6, 6.07) is 2.45. The van der Waals surface area contributed by atoms with E-state index < -0.39 is 11.6 Å². The number of hydrogen-bond acceptors (Lipinski definition) is 7. The van der Waals surface area contributed by atoms with Gasteiger partial charge in [0.2, 0.25) is 5.95 Å². The molecule has 1 aromatic carbocycles. The summed E-state index contributed by atoms with van der Waals surface area (Å²) in [5.74, 6) is -0.685. The normalized spacial score (nSPS) is 12.7. The molecular formula is C20H24F2N8O. The second kappa shape index (κ2) is 8.42. The summed E-state index contributed by atoms with van der Waals surface area (Å²) in [5.41, 5.74) is 1.57. The van der Waals surface area contributed by atoms with Crippen LogP contribution in [0.3, 0.4) is 0 Å². The molecule has 0 saturated heterocycles. The highest BCUT2D eigenvalue weighted by Crippen LogP contribution is 2.25. The van der Waals surface area contributed by atoms with Crippen molar-refractivity contribution >= 4 is 34.0 Å². The Bertz CT molecular complexity index is 1220. The minimum atomic E-state index is -0.985. The van der Waals surface area contributed by atoms with Gasteiger partial charge in [-0.05, 0) is 32.4 Å². The molecule has 0 bridgehead atoms. The Morgan fingerprint density at radius 2 is 1.97 bits per heavy atom. The SMILES string of the molecule is CC[C@H](CO)Nc1nc(NCc2nc3c(F)c(F)ccc3[nH]2)c2ncn(C(C)C)c2n1. The number of halogens is 2. The van der Waals surface area contributed by atoms with Gasteiger partial charge in [0.25, 0.3) is 0 Å². The fraction of sp³-hybridized carbons (Fsp3) is 0.400. The zero-order valence-corrected chi connectivity index (χ0v) is 17.4. The predicted octanol–water partition coefficient (Wildman–Crippen LogP) is 3.36. The Morgan fingerprint density at radius 1 is 1.16 bits per heavy atom. The molecule has 11 heteroatoms. The third-order valence-corrected chi connectivity index (χ3v) is 5.04. The van der Waals surface area contributed by atoms with Crippen LogP contribution in [-0.2, 0) is 6.54 Å². The van der Waals surface area contributed by atoms with Gasteiger partial charge in [0.1, 0.15) is 11.3 Å². The molecule has 9 nitrogen and oxygen atoms in total. The standard InChI is InChI=1S/C20H24F2N8O/c1-4-11(8-31)25-20-28-18(17-19(29-20)30(9-24-17)10(2)3)23-7-14-26-13-6-5-12(21)15(22)16(13)27-14/h5-6,9-11,31H,4,7-8H2,1-3H3,(H,26,27)(H2,23,25,28,29)/t11-/m1/s1. The van der Waals surface area contributed by atoms with Gasteiger partial charge in [0.05, 0.1) is 31.0 Å². The molecule has 0 fully saturated rings. The van der Waals surface area contributed by atoms with E-state index in [1.807, 2.05) is 25.3 Å². The van der Waals surface area contributed by atoms with Crippen molar-refractivity contribution in [2.24, 2.45) is 0 Å². The highest BCUT2D eigenvalue weighted by molar-refractivity contribution is 5.84. The number of benzene rings is 1. The molecule has 164 valence electrons. The Balaban J connectivity index is 1.68. The molecule has 0 aliphatic carbocycles. The molecule has 1 atom stereocenters. The van der Waals surface area contributed by atoms with Gasteiger partial charge in [-0.15, -0.1) is 0 Å². The Morgan fingerprint density at radius 3 is 2.68 bits per heavy atom. The summed E-state index contributed by atoms with van der Waals surface area (Å²) >= 11 is 0. The lowest BCUT2D eigenvalue weighted by Crippen LogP contribution is -2.24. The minimum absolute atomic E-state index is 0.0504. The molecule has 31 heavy (non-hydrogen) atoms. The highest BCUT2D eigenvalue weighted by atomic mass is 19.2. The Hall–Kier alpha value is -3.34. The van der Waals surface area contributed by atoms with Gasteiger partial charge in [-0.1, -0.05) is 6.92 Å². The van der Waals surface area contributed by atoms with Gasteiger partial charge in [-0.3, -0.25) is 0 Å². The summed E-state index contributed by atoms with van der Waals surface area (Å²) in [4.78, 5) is 20.7. The number of nitrogens with one attached hydrogen (secondary N) is 3. The third kappa shape index (κ3) is 4.00. The summed E-state index contributed by atoms with van der Waals surface area (Å²) < 4.78 is 29.3. The fourth-order valence-corrected chi connectivity index (χ4v) is 3.26. The first-order chi connectivity index (χ1) is 14.9. The number of fused-ring (bicyclic) bond motifs is 2. The molecule has 0 aliphatic rings. The first-order valence-electron chi connectivity index (χ1n) is 10.1. The van der Waals surface area contributed by atoms with Crippen LogP contribution in [0, 0.1) is 11.6 Å². The van der Waals surface area contributed by atoms with Gasteiger partial charge in [0, 0.05) is 6.04 Å². The number of aliphatic hydroxyl groups is 1. The highest BCUT2D eigenvalue weighted by Gasteiger charge is 2.17. The molecule has 0 amide bonds. The summed E-state index contributed by atoms with van der Waals surface area (Å²) in [5, 5.41) is 15.8. The topological polar surface area (TPSA) is 117 Å². The number of aliphatic hydroxyl groups excluding tert-OH is 1.